The molecule has 0 aliphatic carbocycles. The molecule has 16 heavy (non-hydrogen) atoms. The Bertz CT molecular complexity index is 358. The van der Waals surface area contributed by atoms with Crippen LogP contribution in [-0.4, -0.2) is 12.6 Å². The SMILES string of the molecule is CCOC(=O)C[CH]Oc1ccc(C)cc1C. The van der Waals surface area contributed by atoms with Crippen LogP contribution >= 0.6 is 0 Å². The summed E-state index contributed by atoms with van der Waals surface area (Å²) in [7, 11) is 0. The lowest BCUT2D eigenvalue weighted by Crippen LogP contribution is -2.06. The molecule has 0 aliphatic rings. The average molecular weight is 221 g/mol. The molecule has 0 N–H and O–H groups in total. The van der Waals surface area contributed by atoms with Crippen LogP contribution < -0.4 is 4.74 Å². The van der Waals surface area contributed by atoms with E-state index in [1.807, 2.05) is 32.0 Å². The summed E-state index contributed by atoms with van der Waals surface area (Å²) >= 11 is 0. The highest BCUT2D eigenvalue weighted by molar-refractivity contribution is 5.70. The number of hydrogen-bond donors (Lipinski definition) is 0. The normalized spacial score (nSPS) is 9.94. The van der Waals surface area contributed by atoms with Crippen LogP contribution in [0.1, 0.15) is 24.5 Å². The third-order valence-corrected chi connectivity index (χ3v) is 2.10. The zero-order valence-corrected chi connectivity index (χ0v) is 9.95. The Kier molecular flexibility index (Phi) is 4.83. The molecule has 0 spiro atoms. The summed E-state index contributed by atoms with van der Waals surface area (Å²) in [6.45, 7) is 7.65. The van der Waals surface area contributed by atoms with Crippen molar-refractivity contribution in [3.05, 3.63) is 35.9 Å². The van der Waals surface area contributed by atoms with Gasteiger partial charge in [0.15, 0.2) is 0 Å². The molecule has 87 valence electrons. The van der Waals surface area contributed by atoms with Crippen molar-refractivity contribution >= 4 is 5.97 Å². The first-order valence-corrected chi connectivity index (χ1v) is 5.34. The fourth-order valence-electron chi connectivity index (χ4n) is 1.35. The molecule has 0 bridgehead atoms. The van der Waals surface area contributed by atoms with E-state index in [1.165, 1.54) is 12.2 Å². The summed E-state index contributed by atoms with van der Waals surface area (Å²) in [5.74, 6) is 0.502. The molecule has 0 saturated carbocycles. The van der Waals surface area contributed by atoms with Gasteiger partial charge < -0.3 is 9.47 Å². The Morgan fingerprint density at radius 3 is 2.75 bits per heavy atom. The maximum absolute atomic E-state index is 11.0. The molecular formula is C13H17O3. The van der Waals surface area contributed by atoms with E-state index in [4.69, 9.17) is 9.47 Å². The highest BCUT2D eigenvalue weighted by Crippen LogP contribution is 2.19. The third kappa shape index (κ3) is 3.93. The minimum absolute atomic E-state index is 0.168. The molecule has 0 fully saturated rings. The predicted octanol–water partition coefficient (Wildman–Crippen LogP) is 2.80. The lowest BCUT2D eigenvalue weighted by Gasteiger charge is -2.08. The Morgan fingerprint density at radius 2 is 2.12 bits per heavy atom. The lowest BCUT2D eigenvalue weighted by atomic mass is 10.1. The van der Waals surface area contributed by atoms with Gasteiger partial charge in [0.05, 0.1) is 13.0 Å². The standard InChI is InChI=1S/C13H17O3/c1-4-15-13(14)7-8-16-12-6-5-10(2)9-11(12)3/h5-6,8-9H,4,7H2,1-3H3. The average Bonchev–Trinajstić information content (AvgIpc) is 2.22. The van der Waals surface area contributed by atoms with Gasteiger partial charge in [-0.15, -0.1) is 0 Å². The first kappa shape index (κ1) is 12.6. The van der Waals surface area contributed by atoms with E-state index in [0.29, 0.717) is 6.61 Å². The van der Waals surface area contributed by atoms with Crippen LogP contribution in [0.15, 0.2) is 18.2 Å². The Labute approximate surface area is 96.4 Å². The highest BCUT2D eigenvalue weighted by atomic mass is 16.5. The molecule has 1 aromatic carbocycles. The quantitative estimate of drug-likeness (QED) is 0.717. The summed E-state index contributed by atoms with van der Waals surface area (Å²) in [6.07, 6.45) is 0.168. The summed E-state index contributed by atoms with van der Waals surface area (Å²) in [6, 6.07) is 5.90. The van der Waals surface area contributed by atoms with Crippen LogP contribution in [0.25, 0.3) is 0 Å². The molecule has 0 atom stereocenters. The number of aryl methyl sites for hydroxylation is 2. The number of carbonyl (C=O) groups is 1. The van der Waals surface area contributed by atoms with Gasteiger partial charge in [-0.05, 0) is 32.4 Å². The van der Waals surface area contributed by atoms with Crippen LogP contribution in [-0.2, 0) is 9.53 Å². The molecule has 0 unspecified atom stereocenters. The molecule has 0 heterocycles. The molecule has 1 radical (unpaired) electrons. The number of esters is 1. The van der Waals surface area contributed by atoms with E-state index < -0.39 is 0 Å². The van der Waals surface area contributed by atoms with Gasteiger partial charge in [-0.25, -0.2) is 0 Å². The molecule has 1 rings (SSSR count). The second-order valence-electron chi connectivity index (χ2n) is 3.56. The Balaban J connectivity index is 2.40. The van der Waals surface area contributed by atoms with Gasteiger partial charge in [0.2, 0.25) is 0 Å². The maximum Gasteiger partial charge on any atom is 0.309 e. The summed E-state index contributed by atoms with van der Waals surface area (Å²) < 4.78 is 10.2. The van der Waals surface area contributed by atoms with Gasteiger partial charge in [0, 0.05) is 0 Å². The van der Waals surface area contributed by atoms with Gasteiger partial charge in [-0.3, -0.25) is 4.79 Å². The smallest absolute Gasteiger partial charge is 0.309 e. The molecule has 0 aliphatic heterocycles. The molecule has 0 amide bonds. The first-order chi connectivity index (χ1) is 7.63. The number of rotatable bonds is 5. The van der Waals surface area contributed by atoms with Crippen molar-refractivity contribution in [2.45, 2.75) is 27.2 Å². The Hall–Kier alpha value is -1.51. The van der Waals surface area contributed by atoms with Crippen molar-refractivity contribution in [3.8, 4) is 5.75 Å². The van der Waals surface area contributed by atoms with Crippen molar-refractivity contribution in [2.24, 2.45) is 0 Å². The van der Waals surface area contributed by atoms with Gasteiger partial charge >= 0.3 is 5.97 Å². The van der Waals surface area contributed by atoms with Crippen LogP contribution in [0.3, 0.4) is 0 Å². The van der Waals surface area contributed by atoms with E-state index in [0.717, 1.165) is 11.3 Å². The topological polar surface area (TPSA) is 35.5 Å². The fourth-order valence-corrected chi connectivity index (χ4v) is 1.35. The van der Waals surface area contributed by atoms with Crippen LogP contribution in [0.2, 0.25) is 0 Å². The molecule has 1 aromatic rings. The van der Waals surface area contributed by atoms with Crippen molar-refractivity contribution < 1.29 is 14.3 Å². The zero-order valence-electron chi connectivity index (χ0n) is 9.95. The second kappa shape index (κ2) is 6.16. The fraction of sp³-hybridized carbons (Fsp3) is 0.385. The van der Waals surface area contributed by atoms with Crippen molar-refractivity contribution in [1.29, 1.82) is 0 Å². The van der Waals surface area contributed by atoms with Gasteiger partial charge in [0.1, 0.15) is 12.4 Å². The summed E-state index contributed by atoms with van der Waals surface area (Å²) in [5.41, 5.74) is 2.25. The van der Waals surface area contributed by atoms with Gasteiger partial charge in [-0.2, -0.15) is 0 Å². The zero-order chi connectivity index (χ0) is 12.0. The van der Waals surface area contributed by atoms with Crippen molar-refractivity contribution in [3.63, 3.8) is 0 Å². The van der Waals surface area contributed by atoms with E-state index in [2.05, 4.69) is 0 Å². The maximum atomic E-state index is 11.0. The van der Waals surface area contributed by atoms with Crippen molar-refractivity contribution in [1.82, 2.24) is 0 Å². The van der Waals surface area contributed by atoms with Gasteiger partial charge in [0.25, 0.3) is 0 Å². The molecular weight excluding hydrogens is 204 g/mol. The Morgan fingerprint density at radius 1 is 1.38 bits per heavy atom. The lowest BCUT2D eigenvalue weighted by molar-refractivity contribution is -0.142. The highest BCUT2D eigenvalue weighted by Gasteiger charge is 2.04. The van der Waals surface area contributed by atoms with Gasteiger partial charge in [-0.1, -0.05) is 17.7 Å². The second-order valence-corrected chi connectivity index (χ2v) is 3.56. The largest absolute Gasteiger partial charge is 0.486 e. The number of ether oxygens (including phenoxy) is 2. The van der Waals surface area contributed by atoms with Crippen LogP contribution in [0, 0.1) is 20.5 Å². The molecule has 3 heteroatoms. The first-order valence-electron chi connectivity index (χ1n) is 5.34. The number of carbonyl (C=O) groups excluding carboxylic acids is 1. The van der Waals surface area contributed by atoms with E-state index >= 15 is 0 Å². The summed E-state index contributed by atoms with van der Waals surface area (Å²) in [5, 5.41) is 0. The van der Waals surface area contributed by atoms with Crippen molar-refractivity contribution in [2.75, 3.05) is 6.61 Å². The monoisotopic (exact) mass is 221 g/mol. The molecule has 3 nitrogen and oxygen atoms in total. The predicted molar refractivity (Wildman–Crippen MR) is 62.1 cm³/mol. The van der Waals surface area contributed by atoms with E-state index in [9.17, 15) is 4.79 Å². The molecule has 0 aromatic heterocycles. The van der Waals surface area contributed by atoms with E-state index in [1.54, 1.807) is 6.92 Å². The minimum atomic E-state index is -0.271. The number of hydrogen-bond acceptors (Lipinski definition) is 3. The minimum Gasteiger partial charge on any atom is -0.486 e. The molecule has 0 saturated heterocycles. The number of benzene rings is 1. The third-order valence-electron chi connectivity index (χ3n) is 2.10. The van der Waals surface area contributed by atoms with Crippen LogP contribution in [0.5, 0.6) is 5.75 Å². The summed E-state index contributed by atoms with van der Waals surface area (Å²) in [4.78, 5) is 11.0. The van der Waals surface area contributed by atoms with Crippen LogP contribution in [0.4, 0.5) is 0 Å². The van der Waals surface area contributed by atoms with E-state index in [-0.39, 0.29) is 12.4 Å².